The molecule has 8 heteroatoms. The van der Waals surface area contributed by atoms with Crippen molar-refractivity contribution in [3.8, 4) is 0 Å². The van der Waals surface area contributed by atoms with Crippen molar-refractivity contribution in [1.82, 2.24) is 5.32 Å². The van der Waals surface area contributed by atoms with Crippen molar-refractivity contribution in [3.63, 3.8) is 0 Å². The normalized spacial score (nSPS) is 15.1. The van der Waals surface area contributed by atoms with Gasteiger partial charge >= 0.3 is 17.9 Å². The lowest BCUT2D eigenvalue weighted by Crippen LogP contribution is -2.30. The molecule has 1 aromatic carbocycles. The van der Waals surface area contributed by atoms with Gasteiger partial charge in [0.1, 0.15) is 20.3 Å². The third kappa shape index (κ3) is 7.03. The van der Waals surface area contributed by atoms with E-state index in [2.05, 4.69) is 42.5 Å². The Bertz CT molecular complexity index is 977. The summed E-state index contributed by atoms with van der Waals surface area (Å²) in [4.78, 5) is 34.9. The van der Waals surface area contributed by atoms with Gasteiger partial charge in [0, 0.05) is 29.5 Å². The summed E-state index contributed by atoms with van der Waals surface area (Å²) in [6.45, 7) is 10.9. The molecule has 0 saturated carbocycles. The highest BCUT2D eigenvalue weighted by molar-refractivity contribution is 6.02. The number of carbonyl (C=O) groups is 3. The molecule has 1 unspecified atom stereocenters. The minimum atomic E-state index is -0.568. The van der Waals surface area contributed by atoms with Crippen molar-refractivity contribution in [2.75, 3.05) is 20.3 Å². The lowest BCUT2D eigenvalue weighted by atomic mass is 9.81. The van der Waals surface area contributed by atoms with Crippen LogP contribution in [-0.2, 0) is 34.0 Å². The second-order valence-electron chi connectivity index (χ2n) is 8.36. The molecule has 178 valence electrons. The molecule has 8 nitrogen and oxygen atoms in total. The zero-order valence-electron chi connectivity index (χ0n) is 20.0. The summed E-state index contributed by atoms with van der Waals surface area (Å²) in [6.07, 6.45) is 2.94. The highest BCUT2D eigenvalue weighted by Gasteiger charge is 2.42. The Balaban J connectivity index is 1.72. The van der Waals surface area contributed by atoms with Gasteiger partial charge in [0.2, 0.25) is 5.69 Å². The van der Waals surface area contributed by atoms with Gasteiger partial charge in [0.25, 0.3) is 0 Å². The number of fused-ring (bicyclic) bond motifs is 1. The molecule has 0 bridgehead atoms. The molecule has 1 aliphatic heterocycles. The topological polar surface area (TPSA) is 93.9 Å². The second-order valence-corrected chi connectivity index (χ2v) is 8.36. The predicted octanol–water partition coefficient (Wildman–Crippen LogP) is 3.13. The number of rotatable bonds is 11. The Morgan fingerprint density at radius 3 is 2.42 bits per heavy atom. The van der Waals surface area contributed by atoms with E-state index in [1.165, 1.54) is 18.2 Å². The highest BCUT2D eigenvalue weighted by Crippen LogP contribution is 2.38. The smallest absolute Gasteiger partial charge is 0.333 e. The number of hydrogen-bond acceptors (Lipinski definition) is 7. The quantitative estimate of drug-likeness (QED) is 0.136. The molecule has 0 aliphatic carbocycles. The first-order valence-electron chi connectivity index (χ1n) is 10.8. The molecule has 0 radical (unpaired) electrons. The number of benzene rings is 1. The van der Waals surface area contributed by atoms with E-state index in [1.54, 1.807) is 13.1 Å². The summed E-state index contributed by atoms with van der Waals surface area (Å²) >= 11 is 0. The van der Waals surface area contributed by atoms with Crippen LogP contribution in [0.5, 0.6) is 0 Å². The number of allylic oxidation sites excluding steroid dienone is 1. The first-order chi connectivity index (χ1) is 15.5. The predicted molar refractivity (Wildman–Crippen MR) is 124 cm³/mol. The Morgan fingerprint density at radius 1 is 1.12 bits per heavy atom. The Morgan fingerprint density at radius 2 is 1.76 bits per heavy atom. The maximum Gasteiger partial charge on any atom is 0.333 e. The minimum absolute atomic E-state index is 0.0642. The summed E-state index contributed by atoms with van der Waals surface area (Å²) in [5, 5.41) is 3.03. The SMILES string of the molecule is C=C(C)C(=O)OCCOC(=O)CCC(=O)OC(C)N/C=C/C1=[N+](C)c2ccccc2C1(C)C. The van der Waals surface area contributed by atoms with E-state index < -0.39 is 24.1 Å². The number of esters is 3. The number of nitrogens with one attached hydrogen (secondary N) is 1. The van der Waals surface area contributed by atoms with Crippen LogP contribution in [0.3, 0.4) is 0 Å². The molecule has 1 aromatic rings. The van der Waals surface area contributed by atoms with E-state index in [9.17, 15) is 14.4 Å². The van der Waals surface area contributed by atoms with E-state index in [4.69, 9.17) is 14.2 Å². The number of carbonyl (C=O) groups excluding carboxylic acids is 3. The number of hydrogen-bond donors (Lipinski definition) is 1. The number of ether oxygens (including phenoxy) is 3. The van der Waals surface area contributed by atoms with Crippen LogP contribution >= 0.6 is 0 Å². The van der Waals surface area contributed by atoms with Crippen molar-refractivity contribution in [3.05, 3.63) is 54.3 Å². The summed E-state index contributed by atoms with van der Waals surface area (Å²) in [5.74, 6) is -1.63. The highest BCUT2D eigenvalue weighted by atomic mass is 16.6. The van der Waals surface area contributed by atoms with Gasteiger partial charge in [-0.1, -0.05) is 24.8 Å². The Labute approximate surface area is 194 Å². The van der Waals surface area contributed by atoms with Gasteiger partial charge in [-0.25, -0.2) is 4.79 Å². The Kier molecular flexibility index (Phi) is 8.96. The summed E-state index contributed by atoms with van der Waals surface area (Å²) in [7, 11) is 2.03. The fourth-order valence-corrected chi connectivity index (χ4v) is 3.54. The summed E-state index contributed by atoms with van der Waals surface area (Å²) < 4.78 is 17.2. The zero-order valence-corrected chi connectivity index (χ0v) is 20.0. The third-order valence-electron chi connectivity index (χ3n) is 5.28. The lowest BCUT2D eigenvalue weighted by molar-refractivity contribution is -0.401. The second kappa shape index (κ2) is 11.4. The molecule has 1 atom stereocenters. The van der Waals surface area contributed by atoms with Gasteiger partial charge in [-0.15, -0.1) is 0 Å². The van der Waals surface area contributed by atoms with Crippen LogP contribution in [0.4, 0.5) is 5.69 Å². The van der Waals surface area contributed by atoms with Crippen LogP contribution in [0.2, 0.25) is 0 Å². The maximum absolute atomic E-state index is 12.0. The molecule has 0 spiro atoms. The summed E-state index contributed by atoms with van der Waals surface area (Å²) in [5.41, 5.74) is 3.66. The van der Waals surface area contributed by atoms with Crippen LogP contribution < -0.4 is 5.32 Å². The van der Waals surface area contributed by atoms with Crippen molar-refractivity contribution in [2.45, 2.75) is 52.2 Å². The molecule has 0 amide bonds. The number of nitrogens with zero attached hydrogens (tertiary/aromatic N) is 1. The molecular weight excluding hydrogens is 424 g/mol. The molecule has 1 N–H and O–H groups in total. The monoisotopic (exact) mass is 457 g/mol. The van der Waals surface area contributed by atoms with Gasteiger partial charge in [-0.05, 0) is 27.7 Å². The average Bonchev–Trinajstić information content (AvgIpc) is 2.95. The van der Waals surface area contributed by atoms with Gasteiger partial charge < -0.3 is 19.5 Å². The molecule has 0 fully saturated rings. The van der Waals surface area contributed by atoms with Crippen LogP contribution in [-0.4, -0.2) is 54.7 Å². The van der Waals surface area contributed by atoms with Gasteiger partial charge in [0.15, 0.2) is 11.9 Å². The first kappa shape index (κ1) is 25.8. The van der Waals surface area contributed by atoms with Crippen LogP contribution in [0.25, 0.3) is 0 Å². The van der Waals surface area contributed by atoms with E-state index in [1.807, 2.05) is 25.3 Å². The average molecular weight is 458 g/mol. The van der Waals surface area contributed by atoms with E-state index >= 15 is 0 Å². The fourth-order valence-electron chi connectivity index (χ4n) is 3.54. The molecular formula is C25H33N2O6+. The molecule has 0 aromatic heterocycles. The maximum atomic E-state index is 12.0. The van der Waals surface area contributed by atoms with Crippen molar-refractivity contribution in [2.24, 2.45) is 0 Å². The van der Waals surface area contributed by atoms with Crippen LogP contribution in [0.15, 0.2) is 48.7 Å². The van der Waals surface area contributed by atoms with Gasteiger partial charge in [-0.3, -0.25) is 9.59 Å². The van der Waals surface area contributed by atoms with E-state index in [0.29, 0.717) is 0 Å². The Hall–Kier alpha value is -3.42. The van der Waals surface area contributed by atoms with Crippen molar-refractivity contribution >= 4 is 29.3 Å². The first-order valence-corrected chi connectivity index (χ1v) is 10.8. The molecule has 0 saturated heterocycles. The summed E-state index contributed by atoms with van der Waals surface area (Å²) in [6, 6.07) is 8.28. The molecule has 1 heterocycles. The third-order valence-corrected chi connectivity index (χ3v) is 5.28. The van der Waals surface area contributed by atoms with Crippen molar-refractivity contribution < 1.29 is 33.2 Å². The molecule has 2 rings (SSSR count). The zero-order chi connectivity index (χ0) is 24.6. The largest absolute Gasteiger partial charge is 0.462 e. The van der Waals surface area contributed by atoms with E-state index in [-0.39, 0.29) is 37.0 Å². The van der Waals surface area contributed by atoms with Gasteiger partial charge in [0.05, 0.1) is 18.3 Å². The fraction of sp³-hybridized carbons (Fsp3) is 0.440. The van der Waals surface area contributed by atoms with E-state index in [0.717, 1.165) is 5.71 Å². The molecule has 1 aliphatic rings. The van der Waals surface area contributed by atoms with Crippen molar-refractivity contribution in [1.29, 1.82) is 0 Å². The standard InChI is InChI=1S/C25H32N2O6/c1-17(2)24(30)32-16-15-31-22(28)11-12-23(29)33-18(3)26-14-13-21-25(4,5)19-9-7-8-10-20(19)27(21)6/h7-10,13-14,18H,1,11-12,15-16H2,2-6H3/p+1. The van der Waals surface area contributed by atoms with Crippen LogP contribution in [0.1, 0.15) is 46.1 Å². The van der Waals surface area contributed by atoms with Crippen LogP contribution in [0, 0.1) is 0 Å². The van der Waals surface area contributed by atoms with Gasteiger partial charge in [-0.2, -0.15) is 4.58 Å². The minimum Gasteiger partial charge on any atom is -0.462 e. The molecule has 33 heavy (non-hydrogen) atoms. The lowest BCUT2D eigenvalue weighted by Gasteiger charge is -2.16. The number of para-hydroxylation sites is 1.